The number of aryl methyl sites for hydroxylation is 1. The maximum absolute atomic E-state index is 14.1. The van der Waals surface area contributed by atoms with Crippen molar-refractivity contribution in [1.82, 2.24) is 19.7 Å². The highest BCUT2D eigenvalue weighted by molar-refractivity contribution is 6.76. The van der Waals surface area contributed by atoms with Crippen molar-refractivity contribution in [2.45, 2.75) is 77.9 Å². The van der Waals surface area contributed by atoms with Gasteiger partial charge in [0.15, 0.2) is 0 Å². The Balaban J connectivity index is 1.20. The highest BCUT2D eigenvalue weighted by Gasteiger charge is 2.49. The van der Waals surface area contributed by atoms with Crippen LogP contribution in [0.1, 0.15) is 48.8 Å². The number of imidazole rings is 1. The molecule has 2 aromatic heterocycles. The molecular formula is C35H44ClN5O2Si. The smallest absolute Gasteiger partial charge is 0.235 e. The van der Waals surface area contributed by atoms with Gasteiger partial charge in [0.25, 0.3) is 0 Å². The van der Waals surface area contributed by atoms with E-state index >= 15 is 0 Å². The summed E-state index contributed by atoms with van der Waals surface area (Å²) in [5.41, 5.74) is 6.63. The third-order valence-electron chi connectivity index (χ3n) is 9.05. The standard InChI is InChI=1S/C35H44ClN5O2Si/c1-22-29(23(2)41(40-22)21-43-19-20-44(3,4)5)24-15-17-28(18-16-24)37-35(42)31(30(25-11-12-25)26-13-14-26)34-38-32(33(36)39-34)27-9-7-6-8-10-27/h6-10,15-18,25-26,30-31H,11-14,19-21H2,1-5H3,(H,37,42)(H,38,39). The Hall–Kier alpha value is -3.20. The molecule has 6 rings (SSSR count). The first-order valence-corrected chi connectivity index (χ1v) is 20.0. The highest BCUT2D eigenvalue weighted by atomic mass is 35.5. The molecule has 1 amide bonds. The summed E-state index contributed by atoms with van der Waals surface area (Å²) in [7, 11) is -1.13. The van der Waals surface area contributed by atoms with Crippen LogP contribution in [0.4, 0.5) is 5.69 Å². The first-order chi connectivity index (χ1) is 21.1. The SMILES string of the molecule is Cc1nn(COCC[Si](C)(C)C)c(C)c1-c1ccc(NC(=O)C(c2nc(-c3ccccc3)c(Cl)[nH]2)C(C2CC2)C2CC2)cc1. The number of aromatic amines is 1. The topological polar surface area (TPSA) is 84.8 Å². The van der Waals surface area contributed by atoms with Crippen molar-refractivity contribution in [3.05, 3.63) is 77.0 Å². The zero-order valence-corrected chi connectivity index (χ0v) is 28.2. The molecule has 0 aliphatic heterocycles. The van der Waals surface area contributed by atoms with E-state index in [0.29, 0.717) is 35.2 Å². The molecular weight excluding hydrogens is 586 g/mol. The maximum Gasteiger partial charge on any atom is 0.235 e. The third-order valence-corrected chi connectivity index (χ3v) is 11.0. The van der Waals surface area contributed by atoms with Gasteiger partial charge in [-0.1, -0.05) is 73.7 Å². The van der Waals surface area contributed by atoms with Gasteiger partial charge in [-0.15, -0.1) is 0 Å². The van der Waals surface area contributed by atoms with Crippen molar-refractivity contribution in [1.29, 1.82) is 0 Å². The molecule has 2 heterocycles. The Morgan fingerprint density at radius 2 is 1.68 bits per heavy atom. The number of H-pyrrole nitrogens is 1. The number of ether oxygens (including phenoxy) is 1. The second kappa shape index (κ2) is 12.7. The second-order valence-electron chi connectivity index (χ2n) is 13.8. The van der Waals surface area contributed by atoms with E-state index in [1.54, 1.807) is 0 Å². The van der Waals surface area contributed by atoms with Crippen LogP contribution in [0.5, 0.6) is 0 Å². The lowest BCUT2D eigenvalue weighted by molar-refractivity contribution is -0.119. The fourth-order valence-corrected chi connectivity index (χ4v) is 7.39. The molecule has 1 atom stereocenters. The molecule has 9 heteroatoms. The summed E-state index contributed by atoms with van der Waals surface area (Å²) in [6.07, 6.45) is 4.70. The number of hydrogen-bond acceptors (Lipinski definition) is 4. The third kappa shape index (κ3) is 7.03. The van der Waals surface area contributed by atoms with E-state index in [0.717, 1.165) is 46.4 Å². The van der Waals surface area contributed by atoms with Crippen LogP contribution in [0.25, 0.3) is 22.4 Å². The Morgan fingerprint density at radius 1 is 1.02 bits per heavy atom. The number of benzene rings is 2. The van der Waals surface area contributed by atoms with Gasteiger partial charge in [-0.2, -0.15) is 5.10 Å². The van der Waals surface area contributed by atoms with Crippen LogP contribution in [0.15, 0.2) is 54.6 Å². The van der Waals surface area contributed by atoms with E-state index in [9.17, 15) is 4.79 Å². The minimum absolute atomic E-state index is 0.0257. The number of rotatable bonds is 13. The molecule has 0 bridgehead atoms. The molecule has 0 saturated heterocycles. The number of carbonyl (C=O) groups excluding carboxylic acids is 1. The second-order valence-corrected chi connectivity index (χ2v) is 19.8. The summed E-state index contributed by atoms with van der Waals surface area (Å²) in [6, 6.07) is 19.1. The summed E-state index contributed by atoms with van der Waals surface area (Å²) in [6.45, 7) is 12.4. The summed E-state index contributed by atoms with van der Waals surface area (Å²) >= 11 is 6.68. The monoisotopic (exact) mass is 629 g/mol. The molecule has 2 fully saturated rings. The molecule has 0 spiro atoms. The van der Waals surface area contributed by atoms with Crippen LogP contribution < -0.4 is 5.32 Å². The molecule has 2 saturated carbocycles. The van der Waals surface area contributed by atoms with E-state index in [1.807, 2.05) is 54.1 Å². The highest BCUT2D eigenvalue weighted by Crippen LogP contribution is 2.55. The number of anilines is 1. The van der Waals surface area contributed by atoms with E-state index < -0.39 is 8.07 Å². The number of aromatic nitrogens is 4. The molecule has 2 N–H and O–H groups in total. The predicted octanol–water partition coefficient (Wildman–Crippen LogP) is 8.68. The van der Waals surface area contributed by atoms with Gasteiger partial charge in [0.1, 0.15) is 23.4 Å². The van der Waals surface area contributed by atoms with Gasteiger partial charge in [-0.25, -0.2) is 9.67 Å². The van der Waals surface area contributed by atoms with Crippen molar-refractivity contribution < 1.29 is 9.53 Å². The van der Waals surface area contributed by atoms with E-state index in [1.165, 1.54) is 25.7 Å². The molecule has 2 aromatic carbocycles. The Kier molecular flexibility index (Phi) is 8.86. The Morgan fingerprint density at radius 3 is 2.30 bits per heavy atom. The maximum atomic E-state index is 14.1. The van der Waals surface area contributed by atoms with Crippen molar-refractivity contribution in [3.63, 3.8) is 0 Å². The van der Waals surface area contributed by atoms with Crippen LogP contribution in [0.2, 0.25) is 30.8 Å². The summed E-state index contributed by atoms with van der Waals surface area (Å²) in [5.74, 6) is 1.65. The lowest BCUT2D eigenvalue weighted by Gasteiger charge is -2.25. The lowest BCUT2D eigenvalue weighted by atomic mass is 9.82. The van der Waals surface area contributed by atoms with E-state index in [4.69, 9.17) is 26.4 Å². The van der Waals surface area contributed by atoms with Crippen LogP contribution in [0, 0.1) is 31.6 Å². The van der Waals surface area contributed by atoms with Crippen molar-refractivity contribution in [3.8, 4) is 22.4 Å². The average molecular weight is 630 g/mol. The zero-order valence-electron chi connectivity index (χ0n) is 26.5. The normalized spacial score (nSPS) is 16.0. The predicted molar refractivity (Wildman–Crippen MR) is 181 cm³/mol. The van der Waals surface area contributed by atoms with Gasteiger partial charge >= 0.3 is 0 Å². The fraction of sp³-hybridized carbons (Fsp3) is 0.457. The van der Waals surface area contributed by atoms with Crippen LogP contribution in [0.3, 0.4) is 0 Å². The van der Waals surface area contributed by atoms with Gasteiger partial charge in [-0.05, 0) is 81.0 Å². The molecule has 0 radical (unpaired) electrons. The molecule has 2 aliphatic rings. The quantitative estimate of drug-likeness (QED) is 0.114. The first kappa shape index (κ1) is 30.8. The van der Waals surface area contributed by atoms with Crippen molar-refractivity contribution in [2.75, 3.05) is 11.9 Å². The number of amides is 1. The Labute approximate surface area is 266 Å². The lowest BCUT2D eigenvalue weighted by Crippen LogP contribution is -2.31. The molecule has 44 heavy (non-hydrogen) atoms. The minimum atomic E-state index is -1.13. The molecule has 2 aliphatic carbocycles. The van der Waals surface area contributed by atoms with Crippen LogP contribution >= 0.6 is 11.6 Å². The van der Waals surface area contributed by atoms with Crippen molar-refractivity contribution >= 4 is 31.3 Å². The number of nitrogens with one attached hydrogen (secondary N) is 2. The van der Waals surface area contributed by atoms with Gasteiger partial charge in [0.2, 0.25) is 5.91 Å². The molecule has 7 nitrogen and oxygen atoms in total. The average Bonchev–Trinajstić information content (AvgIpc) is 3.92. The van der Waals surface area contributed by atoms with Gasteiger partial charge in [0.05, 0.1) is 11.6 Å². The number of halogens is 1. The summed E-state index contributed by atoms with van der Waals surface area (Å²) in [5, 5.41) is 8.47. The van der Waals surface area contributed by atoms with Crippen LogP contribution in [-0.4, -0.2) is 40.3 Å². The van der Waals surface area contributed by atoms with Crippen LogP contribution in [-0.2, 0) is 16.3 Å². The fourth-order valence-electron chi connectivity index (χ4n) is 6.39. The van der Waals surface area contributed by atoms with Crippen molar-refractivity contribution in [2.24, 2.45) is 17.8 Å². The molecule has 1 unspecified atom stereocenters. The minimum Gasteiger partial charge on any atom is -0.360 e. The number of hydrogen-bond donors (Lipinski definition) is 2. The zero-order chi connectivity index (χ0) is 31.0. The summed E-state index contributed by atoms with van der Waals surface area (Å²) in [4.78, 5) is 22.3. The Bertz CT molecular complexity index is 1590. The number of nitrogens with zero attached hydrogens (tertiary/aromatic N) is 3. The van der Waals surface area contributed by atoms with E-state index in [2.05, 4.69) is 49.0 Å². The largest absolute Gasteiger partial charge is 0.360 e. The molecule has 232 valence electrons. The van der Waals surface area contributed by atoms with E-state index in [-0.39, 0.29) is 17.7 Å². The van der Waals surface area contributed by atoms with Gasteiger partial charge < -0.3 is 15.0 Å². The summed E-state index contributed by atoms with van der Waals surface area (Å²) < 4.78 is 7.92. The van der Waals surface area contributed by atoms with Gasteiger partial charge in [-0.3, -0.25) is 4.79 Å². The molecule has 4 aromatic rings. The first-order valence-electron chi connectivity index (χ1n) is 15.9. The number of carbonyl (C=O) groups is 1. The van der Waals surface area contributed by atoms with Gasteiger partial charge in [0, 0.05) is 37.2 Å².